The van der Waals surface area contributed by atoms with Gasteiger partial charge in [-0.15, -0.1) is 10.2 Å². The monoisotopic (exact) mass is 221 g/mol. The number of hydrogen-bond acceptors (Lipinski definition) is 2. The summed E-state index contributed by atoms with van der Waals surface area (Å²) in [5.74, 6) is 0.873. The van der Waals surface area contributed by atoms with Crippen LogP contribution in [0.1, 0.15) is 12.5 Å². The van der Waals surface area contributed by atoms with Gasteiger partial charge in [-0.2, -0.15) is 0 Å². The lowest BCUT2D eigenvalue weighted by atomic mass is 10.1. The van der Waals surface area contributed by atoms with Gasteiger partial charge >= 0.3 is 0 Å². The van der Waals surface area contributed by atoms with Crippen molar-refractivity contribution < 1.29 is 0 Å². The molecule has 0 amide bonds. The number of nitrogens with zero attached hydrogens (tertiary/aromatic N) is 3. The van der Waals surface area contributed by atoms with Crippen LogP contribution in [0.3, 0.4) is 0 Å². The van der Waals surface area contributed by atoms with Crippen molar-refractivity contribution >= 4 is 11.6 Å². The highest BCUT2D eigenvalue weighted by Gasteiger charge is 2.10. The van der Waals surface area contributed by atoms with Crippen LogP contribution in [-0.2, 0) is 6.54 Å². The molecule has 0 saturated heterocycles. The van der Waals surface area contributed by atoms with E-state index in [0.717, 1.165) is 28.5 Å². The molecule has 2 aromatic rings. The van der Waals surface area contributed by atoms with Crippen LogP contribution in [0.2, 0.25) is 5.02 Å². The van der Waals surface area contributed by atoms with E-state index in [1.165, 1.54) is 0 Å². The maximum Gasteiger partial charge on any atom is 0.164 e. The Balaban J connectivity index is 2.59. The lowest BCUT2D eigenvalue weighted by Crippen LogP contribution is -1.97. The first-order chi connectivity index (χ1) is 7.24. The largest absolute Gasteiger partial charge is 0.314 e. The van der Waals surface area contributed by atoms with E-state index < -0.39 is 0 Å². The van der Waals surface area contributed by atoms with Crippen molar-refractivity contribution in [3.63, 3.8) is 0 Å². The number of aromatic nitrogens is 3. The van der Waals surface area contributed by atoms with Gasteiger partial charge in [-0.1, -0.05) is 23.7 Å². The predicted molar refractivity (Wildman–Crippen MR) is 60.9 cm³/mol. The molecule has 78 valence electrons. The maximum atomic E-state index is 6.07. The summed E-state index contributed by atoms with van der Waals surface area (Å²) in [6.07, 6.45) is 1.73. The zero-order chi connectivity index (χ0) is 10.8. The summed E-state index contributed by atoms with van der Waals surface area (Å²) in [4.78, 5) is 0. The molecule has 0 atom stereocenters. The van der Waals surface area contributed by atoms with Crippen LogP contribution in [0.4, 0.5) is 0 Å². The van der Waals surface area contributed by atoms with Crippen LogP contribution in [0.5, 0.6) is 0 Å². The Morgan fingerprint density at radius 3 is 2.93 bits per heavy atom. The third kappa shape index (κ3) is 1.75. The van der Waals surface area contributed by atoms with E-state index in [1.807, 2.05) is 29.7 Å². The molecule has 0 N–H and O–H groups in total. The number of benzene rings is 1. The summed E-state index contributed by atoms with van der Waals surface area (Å²) in [6.45, 7) is 4.91. The Kier molecular flexibility index (Phi) is 2.73. The molecule has 0 fully saturated rings. The van der Waals surface area contributed by atoms with Crippen molar-refractivity contribution in [1.82, 2.24) is 14.8 Å². The summed E-state index contributed by atoms with van der Waals surface area (Å²) in [5.41, 5.74) is 2.09. The number of aryl methyl sites for hydroxylation is 1. The van der Waals surface area contributed by atoms with Crippen LogP contribution >= 0.6 is 11.6 Å². The van der Waals surface area contributed by atoms with Crippen molar-refractivity contribution in [3.05, 3.63) is 35.1 Å². The first-order valence-electron chi connectivity index (χ1n) is 4.87. The molecule has 0 saturated carbocycles. The molecular weight excluding hydrogens is 210 g/mol. The molecular formula is C11H12ClN3. The lowest BCUT2D eigenvalue weighted by Gasteiger charge is -2.07. The normalized spacial score (nSPS) is 10.6. The minimum Gasteiger partial charge on any atom is -0.314 e. The number of rotatable bonds is 2. The quantitative estimate of drug-likeness (QED) is 0.781. The Hall–Kier alpha value is -1.35. The van der Waals surface area contributed by atoms with Gasteiger partial charge in [0, 0.05) is 17.1 Å². The van der Waals surface area contributed by atoms with E-state index in [-0.39, 0.29) is 0 Å². The minimum atomic E-state index is 0.762. The Labute approximate surface area is 93.7 Å². The van der Waals surface area contributed by atoms with E-state index in [4.69, 9.17) is 11.6 Å². The fourth-order valence-electron chi connectivity index (χ4n) is 1.54. The molecule has 0 aliphatic carbocycles. The van der Waals surface area contributed by atoms with Gasteiger partial charge in [0.05, 0.1) is 0 Å². The summed E-state index contributed by atoms with van der Waals surface area (Å²) in [6, 6.07) is 5.82. The van der Waals surface area contributed by atoms with Gasteiger partial charge in [0.2, 0.25) is 0 Å². The van der Waals surface area contributed by atoms with Crippen LogP contribution in [-0.4, -0.2) is 14.8 Å². The van der Waals surface area contributed by atoms with Gasteiger partial charge in [0.15, 0.2) is 5.82 Å². The van der Waals surface area contributed by atoms with E-state index >= 15 is 0 Å². The van der Waals surface area contributed by atoms with Gasteiger partial charge < -0.3 is 4.57 Å². The first-order valence-corrected chi connectivity index (χ1v) is 5.25. The third-order valence-electron chi connectivity index (χ3n) is 2.46. The molecule has 0 radical (unpaired) electrons. The van der Waals surface area contributed by atoms with Gasteiger partial charge in [-0.25, -0.2) is 0 Å². The second-order valence-corrected chi connectivity index (χ2v) is 3.76. The molecule has 4 heteroatoms. The molecule has 1 aromatic heterocycles. The zero-order valence-corrected chi connectivity index (χ0v) is 9.49. The third-order valence-corrected chi connectivity index (χ3v) is 2.87. The molecule has 0 spiro atoms. The molecule has 3 nitrogen and oxygen atoms in total. The molecule has 0 aliphatic heterocycles. The van der Waals surface area contributed by atoms with Gasteiger partial charge in [0.25, 0.3) is 0 Å². The molecule has 0 unspecified atom stereocenters. The first kappa shape index (κ1) is 10.2. The highest BCUT2D eigenvalue weighted by atomic mass is 35.5. The van der Waals surface area contributed by atoms with E-state index in [2.05, 4.69) is 17.1 Å². The second-order valence-electron chi connectivity index (χ2n) is 3.35. The van der Waals surface area contributed by atoms with Crippen molar-refractivity contribution in [2.45, 2.75) is 20.4 Å². The summed E-state index contributed by atoms with van der Waals surface area (Å²) < 4.78 is 2.00. The van der Waals surface area contributed by atoms with Crippen LogP contribution in [0.15, 0.2) is 24.5 Å². The van der Waals surface area contributed by atoms with Gasteiger partial charge in [-0.3, -0.25) is 0 Å². The Morgan fingerprint density at radius 2 is 2.20 bits per heavy atom. The van der Waals surface area contributed by atoms with Gasteiger partial charge in [-0.05, 0) is 25.5 Å². The Morgan fingerprint density at radius 1 is 1.40 bits per heavy atom. The smallest absolute Gasteiger partial charge is 0.164 e. The zero-order valence-electron chi connectivity index (χ0n) is 8.74. The van der Waals surface area contributed by atoms with Crippen molar-refractivity contribution in [1.29, 1.82) is 0 Å². The average Bonchev–Trinajstić information content (AvgIpc) is 2.70. The van der Waals surface area contributed by atoms with Crippen LogP contribution < -0.4 is 0 Å². The Bertz CT molecular complexity index is 476. The van der Waals surface area contributed by atoms with E-state index in [0.29, 0.717) is 0 Å². The number of halogens is 1. The SMILES string of the molecule is CCn1cnnc1-c1cccc(Cl)c1C. The van der Waals surface area contributed by atoms with E-state index in [9.17, 15) is 0 Å². The second kappa shape index (κ2) is 4.03. The van der Waals surface area contributed by atoms with E-state index in [1.54, 1.807) is 6.33 Å². The molecule has 0 bridgehead atoms. The topological polar surface area (TPSA) is 30.7 Å². The minimum absolute atomic E-state index is 0.762. The highest BCUT2D eigenvalue weighted by molar-refractivity contribution is 6.31. The van der Waals surface area contributed by atoms with Crippen LogP contribution in [0.25, 0.3) is 11.4 Å². The molecule has 0 aliphatic rings. The molecule has 1 aromatic carbocycles. The molecule has 1 heterocycles. The van der Waals surface area contributed by atoms with Gasteiger partial charge in [0.1, 0.15) is 6.33 Å². The predicted octanol–water partition coefficient (Wildman–Crippen LogP) is 2.93. The highest BCUT2D eigenvalue weighted by Crippen LogP contribution is 2.26. The summed E-state index contributed by atoms with van der Waals surface area (Å²) in [7, 11) is 0. The standard InChI is InChI=1S/C11H12ClN3/c1-3-15-7-13-14-11(15)9-5-4-6-10(12)8(9)2/h4-7H,3H2,1-2H3. The number of hydrogen-bond donors (Lipinski definition) is 0. The van der Waals surface area contributed by atoms with Crippen LogP contribution in [0, 0.1) is 6.92 Å². The molecule has 2 rings (SSSR count). The lowest BCUT2D eigenvalue weighted by molar-refractivity contribution is 0.766. The van der Waals surface area contributed by atoms with Crippen molar-refractivity contribution in [3.8, 4) is 11.4 Å². The summed E-state index contributed by atoms with van der Waals surface area (Å²) in [5, 5.41) is 8.79. The fraction of sp³-hybridized carbons (Fsp3) is 0.273. The summed E-state index contributed by atoms with van der Waals surface area (Å²) >= 11 is 6.07. The molecule has 15 heavy (non-hydrogen) atoms. The van der Waals surface area contributed by atoms with Crippen molar-refractivity contribution in [2.24, 2.45) is 0 Å². The maximum absolute atomic E-state index is 6.07. The average molecular weight is 222 g/mol. The van der Waals surface area contributed by atoms with Crippen molar-refractivity contribution in [2.75, 3.05) is 0 Å². The fourth-order valence-corrected chi connectivity index (χ4v) is 1.72.